The molecule has 2 amide bonds. The number of hydrogen-bond acceptors (Lipinski definition) is 4. The Bertz CT molecular complexity index is 1120. The topological polar surface area (TPSA) is 79.8 Å². The first kappa shape index (κ1) is 22.5. The molecular formula is C23H18F3N3O3. The fraction of sp³-hybridized carbons (Fsp3) is 0.0870. The number of para-hydroxylation sites is 2. The zero-order valence-corrected chi connectivity index (χ0v) is 16.6. The van der Waals surface area contributed by atoms with Crippen molar-refractivity contribution in [1.29, 1.82) is 0 Å². The number of benzene rings is 3. The van der Waals surface area contributed by atoms with Crippen molar-refractivity contribution in [2.75, 3.05) is 11.9 Å². The van der Waals surface area contributed by atoms with E-state index in [4.69, 9.17) is 4.74 Å². The maximum atomic E-state index is 12.8. The van der Waals surface area contributed by atoms with Crippen LogP contribution in [0.2, 0.25) is 0 Å². The molecule has 0 aliphatic rings. The predicted octanol–water partition coefficient (Wildman–Crippen LogP) is 4.49. The number of ether oxygens (including phenoxy) is 1. The molecule has 0 unspecified atom stereocenters. The third kappa shape index (κ3) is 6.43. The average molecular weight is 441 g/mol. The molecule has 0 fully saturated rings. The number of rotatable bonds is 7. The van der Waals surface area contributed by atoms with E-state index < -0.39 is 17.6 Å². The molecule has 32 heavy (non-hydrogen) atoms. The molecule has 3 aromatic carbocycles. The van der Waals surface area contributed by atoms with Gasteiger partial charge in [-0.1, -0.05) is 36.4 Å². The SMILES string of the molecule is O=C(COc1ccccc1C=NNC(=O)c1cccc(C(F)(F)F)c1)Nc1ccccc1. The van der Waals surface area contributed by atoms with Gasteiger partial charge in [-0.15, -0.1) is 0 Å². The third-order valence-corrected chi connectivity index (χ3v) is 4.16. The van der Waals surface area contributed by atoms with Crippen LogP contribution < -0.4 is 15.5 Å². The van der Waals surface area contributed by atoms with Crippen LogP contribution in [0.4, 0.5) is 18.9 Å². The number of nitrogens with zero attached hydrogens (tertiary/aromatic N) is 1. The summed E-state index contributed by atoms with van der Waals surface area (Å²) in [5, 5.41) is 6.47. The molecule has 0 aliphatic heterocycles. The van der Waals surface area contributed by atoms with Crippen LogP contribution in [0.1, 0.15) is 21.5 Å². The Morgan fingerprint density at radius 3 is 2.41 bits per heavy atom. The summed E-state index contributed by atoms with van der Waals surface area (Å²) in [6, 6.07) is 19.6. The van der Waals surface area contributed by atoms with Gasteiger partial charge >= 0.3 is 6.18 Å². The van der Waals surface area contributed by atoms with Gasteiger partial charge in [-0.2, -0.15) is 18.3 Å². The van der Waals surface area contributed by atoms with E-state index >= 15 is 0 Å². The molecule has 0 spiro atoms. The first-order valence-corrected chi connectivity index (χ1v) is 9.40. The van der Waals surface area contributed by atoms with Gasteiger partial charge in [0.2, 0.25) is 0 Å². The third-order valence-electron chi connectivity index (χ3n) is 4.16. The first-order valence-electron chi connectivity index (χ1n) is 9.40. The Kier molecular flexibility index (Phi) is 7.22. The molecule has 164 valence electrons. The summed E-state index contributed by atoms with van der Waals surface area (Å²) in [5.41, 5.74) is 2.16. The molecule has 0 radical (unpaired) electrons. The maximum Gasteiger partial charge on any atom is 0.416 e. The van der Waals surface area contributed by atoms with Crippen LogP contribution in [0.5, 0.6) is 5.75 Å². The highest BCUT2D eigenvalue weighted by atomic mass is 19.4. The van der Waals surface area contributed by atoms with E-state index in [1.807, 2.05) is 6.07 Å². The molecule has 3 aromatic rings. The van der Waals surface area contributed by atoms with Crippen LogP contribution in [-0.2, 0) is 11.0 Å². The van der Waals surface area contributed by atoms with Crippen molar-refractivity contribution in [1.82, 2.24) is 5.43 Å². The van der Waals surface area contributed by atoms with Crippen LogP contribution in [0, 0.1) is 0 Å². The fourth-order valence-corrected chi connectivity index (χ4v) is 2.64. The van der Waals surface area contributed by atoms with E-state index in [1.165, 1.54) is 12.3 Å². The van der Waals surface area contributed by atoms with Gasteiger partial charge in [0.1, 0.15) is 5.75 Å². The quantitative estimate of drug-likeness (QED) is 0.419. The Hall–Kier alpha value is -4.14. The van der Waals surface area contributed by atoms with E-state index in [0.29, 0.717) is 17.0 Å². The van der Waals surface area contributed by atoms with Gasteiger partial charge < -0.3 is 10.1 Å². The van der Waals surface area contributed by atoms with Crippen molar-refractivity contribution >= 4 is 23.7 Å². The Morgan fingerprint density at radius 1 is 0.938 bits per heavy atom. The summed E-state index contributed by atoms with van der Waals surface area (Å²) >= 11 is 0. The van der Waals surface area contributed by atoms with E-state index in [2.05, 4.69) is 15.8 Å². The number of nitrogens with one attached hydrogen (secondary N) is 2. The lowest BCUT2D eigenvalue weighted by Crippen LogP contribution is -2.20. The van der Waals surface area contributed by atoms with Gasteiger partial charge in [-0.25, -0.2) is 5.43 Å². The minimum atomic E-state index is -4.55. The summed E-state index contributed by atoms with van der Waals surface area (Å²) in [5.74, 6) is -0.818. The number of amides is 2. The Labute approximate surface area is 181 Å². The molecule has 0 saturated carbocycles. The van der Waals surface area contributed by atoms with Crippen molar-refractivity contribution in [3.8, 4) is 5.75 Å². The second-order valence-electron chi connectivity index (χ2n) is 6.52. The number of alkyl halides is 3. The number of hydrazone groups is 1. The van der Waals surface area contributed by atoms with Crippen molar-refractivity contribution in [2.45, 2.75) is 6.18 Å². The number of carbonyl (C=O) groups is 2. The molecule has 0 aromatic heterocycles. The van der Waals surface area contributed by atoms with Crippen LogP contribution in [0.25, 0.3) is 0 Å². The van der Waals surface area contributed by atoms with Crippen LogP contribution in [-0.4, -0.2) is 24.6 Å². The molecule has 0 bridgehead atoms. The largest absolute Gasteiger partial charge is 0.483 e. The molecule has 0 aliphatic carbocycles. The average Bonchev–Trinajstić information content (AvgIpc) is 2.78. The Balaban J connectivity index is 1.60. The molecule has 0 heterocycles. The van der Waals surface area contributed by atoms with Gasteiger partial charge in [0.15, 0.2) is 6.61 Å². The number of halogens is 3. The number of carbonyl (C=O) groups excluding carboxylic acids is 2. The minimum Gasteiger partial charge on any atom is -0.483 e. The molecule has 6 nitrogen and oxygen atoms in total. The first-order chi connectivity index (χ1) is 15.3. The van der Waals surface area contributed by atoms with Crippen LogP contribution >= 0.6 is 0 Å². The highest BCUT2D eigenvalue weighted by molar-refractivity contribution is 5.95. The van der Waals surface area contributed by atoms with Gasteiger partial charge in [0, 0.05) is 16.8 Å². The summed E-state index contributed by atoms with van der Waals surface area (Å²) in [4.78, 5) is 24.2. The van der Waals surface area contributed by atoms with E-state index in [-0.39, 0.29) is 18.1 Å². The maximum absolute atomic E-state index is 12.8. The lowest BCUT2D eigenvalue weighted by atomic mass is 10.1. The highest BCUT2D eigenvalue weighted by Gasteiger charge is 2.30. The number of hydrogen-bond donors (Lipinski definition) is 2. The molecular weight excluding hydrogens is 423 g/mol. The smallest absolute Gasteiger partial charge is 0.416 e. The summed E-state index contributed by atoms with van der Waals surface area (Å²) in [7, 11) is 0. The molecule has 0 atom stereocenters. The van der Waals surface area contributed by atoms with E-state index in [0.717, 1.165) is 18.2 Å². The summed E-state index contributed by atoms with van der Waals surface area (Å²) in [6.07, 6.45) is -3.28. The normalized spacial score (nSPS) is 11.2. The second kappa shape index (κ2) is 10.3. The monoisotopic (exact) mass is 441 g/mol. The van der Waals surface area contributed by atoms with Gasteiger partial charge in [0.25, 0.3) is 11.8 Å². The van der Waals surface area contributed by atoms with Gasteiger partial charge in [0.05, 0.1) is 11.8 Å². The molecule has 9 heteroatoms. The molecule has 0 saturated heterocycles. The summed E-state index contributed by atoms with van der Waals surface area (Å²) < 4.78 is 43.9. The van der Waals surface area contributed by atoms with E-state index in [1.54, 1.807) is 48.5 Å². The highest BCUT2D eigenvalue weighted by Crippen LogP contribution is 2.29. The molecule has 2 N–H and O–H groups in total. The van der Waals surface area contributed by atoms with Gasteiger partial charge in [-0.05, 0) is 42.5 Å². The van der Waals surface area contributed by atoms with Crippen molar-refractivity contribution < 1.29 is 27.5 Å². The van der Waals surface area contributed by atoms with E-state index in [9.17, 15) is 22.8 Å². The Morgan fingerprint density at radius 2 is 1.66 bits per heavy atom. The summed E-state index contributed by atoms with van der Waals surface area (Å²) in [6.45, 7) is -0.254. The van der Waals surface area contributed by atoms with Crippen molar-refractivity contribution in [3.05, 3.63) is 95.6 Å². The minimum absolute atomic E-state index is 0.181. The van der Waals surface area contributed by atoms with Crippen molar-refractivity contribution in [2.24, 2.45) is 5.10 Å². The van der Waals surface area contributed by atoms with Gasteiger partial charge in [-0.3, -0.25) is 9.59 Å². The van der Waals surface area contributed by atoms with Crippen LogP contribution in [0.3, 0.4) is 0 Å². The second-order valence-corrected chi connectivity index (χ2v) is 6.52. The zero-order valence-electron chi connectivity index (χ0n) is 16.6. The predicted molar refractivity (Wildman–Crippen MR) is 114 cm³/mol. The van der Waals surface area contributed by atoms with Crippen LogP contribution in [0.15, 0.2) is 84.0 Å². The number of anilines is 1. The van der Waals surface area contributed by atoms with Crippen molar-refractivity contribution in [3.63, 3.8) is 0 Å². The zero-order chi connectivity index (χ0) is 23.0. The standard InChI is InChI=1S/C23H18F3N3O3/c24-23(25,26)18-9-6-8-16(13-18)22(31)29-27-14-17-7-4-5-12-20(17)32-15-21(30)28-19-10-2-1-3-11-19/h1-14H,15H2,(H,28,30)(H,29,31). The molecule has 3 rings (SSSR count). The lowest BCUT2D eigenvalue weighted by molar-refractivity contribution is -0.137. The fourth-order valence-electron chi connectivity index (χ4n) is 2.64. The lowest BCUT2D eigenvalue weighted by Gasteiger charge is -2.09.